The number of aliphatic hydroxyl groups excluding tert-OH is 2. The summed E-state index contributed by atoms with van der Waals surface area (Å²) in [6, 6.07) is 11.0. The number of phenols is 1. The van der Waals surface area contributed by atoms with Gasteiger partial charge >= 0.3 is 0 Å². The first kappa shape index (κ1) is 28.6. The standard InChI is InChI=1S/C34H36O7/c1-16(2)19-8-10-20(11-9-19)21-12-13-23(36)25-22(21)14-32(6)15-33(7)26(17(3)4)28(37)24(18(5)35)30(39)34(33,41)31(40)27(32)29(25)38/h8-13,17,26,36,38-39,41H,1,14-15H2,2-7H3/t26?,32-,33-,34+/m1/s1. The van der Waals surface area contributed by atoms with Crippen molar-refractivity contribution in [2.24, 2.45) is 22.7 Å². The van der Waals surface area contributed by atoms with Crippen LogP contribution in [-0.4, -0.2) is 43.4 Å². The molecule has 41 heavy (non-hydrogen) atoms. The van der Waals surface area contributed by atoms with E-state index in [0.29, 0.717) is 5.56 Å². The number of hydrogen-bond donors (Lipinski definition) is 4. The monoisotopic (exact) mass is 556 g/mol. The Labute approximate surface area is 239 Å². The third kappa shape index (κ3) is 3.64. The second-order valence-electron chi connectivity index (χ2n) is 12.8. The van der Waals surface area contributed by atoms with Gasteiger partial charge in [0.25, 0.3) is 0 Å². The Morgan fingerprint density at radius 2 is 1.61 bits per heavy atom. The minimum atomic E-state index is -2.62. The van der Waals surface area contributed by atoms with Crippen LogP contribution in [0.15, 0.2) is 59.9 Å². The first-order chi connectivity index (χ1) is 19.0. The van der Waals surface area contributed by atoms with Gasteiger partial charge in [-0.15, -0.1) is 0 Å². The van der Waals surface area contributed by atoms with Crippen molar-refractivity contribution in [3.8, 4) is 16.9 Å². The Hall–Kier alpha value is -3.97. The molecule has 1 unspecified atom stereocenters. The smallest absolute Gasteiger partial charge is 0.203 e. The normalized spacial score (nSPS) is 29.3. The summed E-state index contributed by atoms with van der Waals surface area (Å²) in [6.45, 7) is 14.0. The van der Waals surface area contributed by atoms with Gasteiger partial charge in [-0.1, -0.05) is 70.2 Å². The molecule has 7 heteroatoms. The Morgan fingerprint density at radius 1 is 1.00 bits per heavy atom. The van der Waals surface area contributed by atoms with Crippen molar-refractivity contribution < 1.29 is 34.8 Å². The van der Waals surface area contributed by atoms with E-state index in [4.69, 9.17) is 0 Å². The highest BCUT2D eigenvalue weighted by molar-refractivity contribution is 6.24. The molecule has 2 aromatic rings. The van der Waals surface area contributed by atoms with Crippen LogP contribution in [0.2, 0.25) is 0 Å². The van der Waals surface area contributed by atoms with Gasteiger partial charge in [0.15, 0.2) is 17.2 Å². The summed E-state index contributed by atoms with van der Waals surface area (Å²) in [7, 11) is 0. The van der Waals surface area contributed by atoms with Gasteiger partial charge in [0.2, 0.25) is 5.78 Å². The number of aromatic hydroxyl groups is 1. The molecule has 5 rings (SSSR count). The van der Waals surface area contributed by atoms with Gasteiger partial charge in [-0.3, -0.25) is 14.4 Å². The molecule has 0 saturated heterocycles. The molecule has 4 atom stereocenters. The molecule has 0 aromatic heterocycles. The first-order valence-electron chi connectivity index (χ1n) is 13.8. The molecule has 0 bridgehead atoms. The molecule has 0 amide bonds. The van der Waals surface area contributed by atoms with E-state index in [0.717, 1.165) is 29.2 Å². The van der Waals surface area contributed by atoms with Crippen molar-refractivity contribution in [3.05, 3.63) is 76.6 Å². The van der Waals surface area contributed by atoms with E-state index in [1.165, 1.54) is 6.07 Å². The van der Waals surface area contributed by atoms with Crippen molar-refractivity contribution in [3.63, 3.8) is 0 Å². The lowest BCUT2D eigenvalue weighted by atomic mass is 9.43. The van der Waals surface area contributed by atoms with Crippen LogP contribution >= 0.6 is 0 Å². The van der Waals surface area contributed by atoms with Gasteiger partial charge in [-0.2, -0.15) is 0 Å². The summed E-state index contributed by atoms with van der Waals surface area (Å²) in [5.74, 6) is -5.33. The molecule has 214 valence electrons. The van der Waals surface area contributed by atoms with Crippen molar-refractivity contribution in [1.82, 2.24) is 0 Å². The largest absolute Gasteiger partial charge is 0.508 e. The molecule has 1 fully saturated rings. The number of rotatable bonds is 4. The van der Waals surface area contributed by atoms with Crippen molar-refractivity contribution >= 4 is 28.7 Å². The number of allylic oxidation sites excluding steroid dienone is 2. The molecular weight excluding hydrogens is 520 g/mol. The minimum absolute atomic E-state index is 0.0502. The Kier molecular flexibility index (Phi) is 6.28. The summed E-state index contributed by atoms with van der Waals surface area (Å²) >= 11 is 0. The molecule has 0 spiro atoms. The number of ketones is 3. The number of phenolic OH excluding ortho intramolecular Hbond substituents is 1. The van der Waals surface area contributed by atoms with E-state index >= 15 is 0 Å². The van der Waals surface area contributed by atoms with Gasteiger partial charge in [0.1, 0.15) is 22.8 Å². The highest BCUT2D eigenvalue weighted by atomic mass is 16.3. The predicted molar refractivity (Wildman–Crippen MR) is 156 cm³/mol. The van der Waals surface area contributed by atoms with E-state index in [2.05, 4.69) is 6.58 Å². The van der Waals surface area contributed by atoms with Crippen molar-refractivity contribution in [2.45, 2.75) is 60.0 Å². The Balaban J connectivity index is 1.79. The number of fused-ring (bicyclic) bond motifs is 3. The maximum atomic E-state index is 14.4. The first-order valence-corrected chi connectivity index (χ1v) is 13.8. The summed E-state index contributed by atoms with van der Waals surface area (Å²) in [6.07, 6.45) is 0.267. The van der Waals surface area contributed by atoms with E-state index in [-0.39, 0.29) is 35.6 Å². The van der Waals surface area contributed by atoms with Crippen LogP contribution in [0.3, 0.4) is 0 Å². The lowest BCUT2D eigenvalue weighted by molar-refractivity contribution is -0.178. The SMILES string of the molecule is C=C(C)c1ccc(-c2ccc(O)c3c2C[C@]2(C)C[C@]4(C)C(C(C)C)C(=O)C(C(C)=O)=C(O)[C@]4(O)C(=O)C2=C3O)cc1. The van der Waals surface area contributed by atoms with Gasteiger partial charge in [-0.25, -0.2) is 0 Å². The Morgan fingerprint density at radius 3 is 2.15 bits per heavy atom. The molecule has 4 N–H and O–H groups in total. The van der Waals surface area contributed by atoms with Crippen LogP contribution in [0, 0.1) is 22.7 Å². The second kappa shape index (κ2) is 9.02. The molecule has 0 aliphatic heterocycles. The molecule has 0 radical (unpaired) electrons. The van der Waals surface area contributed by atoms with Crippen LogP contribution in [0.4, 0.5) is 0 Å². The zero-order valence-corrected chi connectivity index (χ0v) is 24.3. The lowest BCUT2D eigenvalue weighted by Gasteiger charge is -2.59. The quantitative estimate of drug-likeness (QED) is 0.345. The van der Waals surface area contributed by atoms with Crippen molar-refractivity contribution in [1.29, 1.82) is 0 Å². The molecule has 1 saturated carbocycles. The average Bonchev–Trinajstić information content (AvgIpc) is 2.86. The van der Waals surface area contributed by atoms with Gasteiger partial charge < -0.3 is 20.4 Å². The molecule has 3 aliphatic rings. The fourth-order valence-corrected chi connectivity index (χ4v) is 7.92. The maximum absolute atomic E-state index is 14.4. The molecule has 0 heterocycles. The number of benzene rings is 2. The number of Topliss-reactive ketones (excluding diaryl/α,β-unsaturated/α-hetero) is 3. The summed E-state index contributed by atoms with van der Waals surface area (Å²) < 4.78 is 0. The fourth-order valence-electron chi connectivity index (χ4n) is 7.92. The van der Waals surface area contributed by atoms with E-state index in [1.54, 1.807) is 33.8 Å². The summed E-state index contributed by atoms with van der Waals surface area (Å²) in [5.41, 5.74) is -1.70. The molecule has 2 aromatic carbocycles. The van der Waals surface area contributed by atoms with E-state index in [1.807, 2.05) is 31.2 Å². The molecule has 3 aliphatic carbocycles. The van der Waals surface area contributed by atoms with Gasteiger partial charge in [0.05, 0.1) is 5.56 Å². The van der Waals surface area contributed by atoms with Gasteiger partial charge in [0, 0.05) is 22.3 Å². The van der Waals surface area contributed by atoms with Crippen LogP contribution in [-0.2, 0) is 20.8 Å². The Bertz CT molecular complexity index is 1620. The topological polar surface area (TPSA) is 132 Å². The van der Waals surface area contributed by atoms with Gasteiger partial charge in [-0.05, 0) is 60.9 Å². The van der Waals surface area contributed by atoms with Crippen LogP contribution in [0.5, 0.6) is 5.75 Å². The number of hydrogen-bond acceptors (Lipinski definition) is 7. The zero-order valence-electron chi connectivity index (χ0n) is 24.3. The third-order valence-electron chi connectivity index (χ3n) is 9.58. The highest BCUT2D eigenvalue weighted by Crippen LogP contribution is 2.65. The van der Waals surface area contributed by atoms with E-state index in [9.17, 15) is 34.8 Å². The number of carbonyl (C=O) groups excluding carboxylic acids is 3. The van der Waals surface area contributed by atoms with Crippen LogP contribution in [0.25, 0.3) is 22.5 Å². The fraction of sp³-hybridized carbons (Fsp3) is 0.382. The number of aliphatic hydroxyl groups is 3. The lowest BCUT2D eigenvalue weighted by Crippen LogP contribution is -2.69. The summed E-state index contributed by atoms with van der Waals surface area (Å²) in [5, 5.41) is 46.0. The van der Waals surface area contributed by atoms with Crippen molar-refractivity contribution in [2.75, 3.05) is 0 Å². The van der Waals surface area contributed by atoms with Crippen LogP contribution in [0.1, 0.15) is 64.7 Å². The second-order valence-corrected chi connectivity index (χ2v) is 12.8. The predicted octanol–water partition coefficient (Wildman–Crippen LogP) is 5.89. The highest BCUT2D eigenvalue weighted by Gasteiger charge is 2.72. The number of carbonyl (C=O) groups is 3. The third-order valence-corrected chi connectivity index (χ3v) is 9.58. The van der Waals surface area contributed by atoms with E-state index < -0.39 is 56.8 Å². The summed E-state index contributed by atoms with van der Waals surface area (Å²) in [4.78, 5) is 40.5. The minimum Gasteiger partial charge on any atom is -0.508 e. The van der Waals surface area contributed by atoms with Crippen LogP contribution < -0.4 is 0 Å². The average molecular weight is 557 g/mol. The molecular formula is C34H36O7. The maximum Gasteiger partial charge on any atom is 0.203 e. The zero-order chi connectivity index (χ0) is 30.4. The molecule has 7 nitrogen and oxygen atoms in total.